The summed E-state index contributed by atoms with van der Waals surface area (Å²) in [5, 5.41) is 2.16. The fourth-order valence-electron chi connectivity index (χ4n) is 4.20. The Bertz CT molecular complexity index is 820. The number of carbonyl (C=O) groups is 1. The molecule has 0 radical (unpaired) electrons. The summed E-state index contributed by atoms with van der Waals surface area (Å²) in [4.78, 5) is 18.9. The van der Waals surface area contributed by atoms with Crippen molar-refractivity contribution in [2.75, 3.05) is 33.9 Å². The summed E-state index contributed by atoms with van der Waals surface area (Å²) in [7, 11) is 3.29. The van der Waals surface area contributed by atoms with Crippen LogP contribution in [0.5, 0.6) is 11.5 Å². The highest BCUT2D eigenvalue weighted by Crippen LogP contribution is 2.37. The van der Waals surface area contributed by atoms with E-state index in [1.165, 1.54) is 10.4 Å². The number of ether oxygens (including phenoxy) is 2. The maximum Gasteiger partial charge on any atom is 0.237 e. The lowest BCUT2D eigenvalue weighted by Gasteiger charge is -2.31. The third kappa shape index (κ3) is 3.69. The molecule has 1 atom stereocenters. The molecule has 1 unspecified atom stereocenters. The first-order valence-electron chi connectivity index (χ1n) is 9.48. The normalized spacial score (nSPS) is 19.8. The minimum absolute atomic E-state index is 0.124. The van der Waals surface area contributed by atoms with E-state index in [1.54, 1.807) is 14.2 Å². The van der Waals surface area contributed by atoms with E-state index in [0.29, 0.717) is 6.54 Å². The maximum absolute atomic E-state index is 13.1. The summed E-state index contributed by atoms with van der Waals surface area (Å²) in [5.74, 6) is 1.67. The van der Waals surface area contributed by atoms with Crippen LogP contribution < -0.4 is 9.47 Å². The summed E-state index contributed by atoms with van der Waals surface area (Å²) in [5.41, 5.74) is 2.51. The molecule has 2 aliphatic heterocycles. The fraction of sp³-hybridized carbons (Fsp3) is 0.476. The van der Waals surface area contributed by atoms with Crippen molar-refractivity contribution in [3.63, 3.8) is 0 Å². The Morgan fingerprint density at radius 1 is 1.19 bits per heavy atom. The SMILES string of the molecule is COc1ccc(C2CCCN2C(=O)CN2CCc3sccc3C2)cc1OC. The summed E-state index contributed by atoms with van der Waals surface area (Å²) in [6.07, 6.45) is 3.09. The molecule has 1 amide bonds. The molecule has 4 rings (SSSR count). The minimum atomic E-state index is 0.124. The molecule has 6 heteroatoms. The minimum Gasteiger partial charge on any atom is -0.493 e. The van der Waals surface area contributed by atoms with Gasteiger partial charge in [-0.15, -0.1) is 11.3 Å². The Morgan fingerprint density at radius 3 is 2.85 bits per heavy atom. The largest absolute Gasteiger partial charge is 0.493 e. The lowest BCUT2D eigenvalue weighted by molar-refractivity contribution is -0.133. The fourth-order valence-corrected chi connectivity index (χ4v) is 5.09. The standard InChI is InChI=1S/C21H26N2O3S/c1-25-18-6-5-15(12-19(18)26-2)17-4-3-9-23(17)21(24)14-22-10-7-20-16(13-22)8-11-27-20/h5-6,8,11-12,17H,3-4,7,9-10,13-14H2,1-2H3. The first-order chi connectivity index (χ1) is 13.2. The molecule has 3 heterocycles. The van der Waals surface area contributed by atoms with Gasteiger partial charge in [0.2, 0.25) is 5.91 Å². The van der Waals surface area contributed by atoms with Crippen molar-refractivity contribution in [3.05, 3.63) is 45.6 Å². The van der Waals surface area contributed by atoms with Gasteiger partial charge in [-0.3, -0.25) is 9.69 Å². The van der Waals surface area contributed by atoms with Crippen LogP contribution in [0.3, 0.4) is 0 Å². The van der Waals surface area contributed by atoms with Crippen molar-refractivity contribution < 1.29 is 14.3 Å². The van der Waals surface area contributed by atoms with Crippen molar-refractivity contribution in [3.8, 4) is 11.5 Å². The molecule has 144 valence electrons. The second-order valence-corrected chi connectivity index (χ2v) is 8.19. The number of hydrogen-bond acceptors (Lipinski definition) is 5. The molecule has 1 fully saturated rings. The number of carbonyl (C=O) groups excluding carboxylic acids is 1. The highest BCUT2D eigenvalue weighted by molar-refractivity contribution is 7.10. The van der Waals surface area contributed by atoms with E-state index >= 15 is 0 Å². The molecule has 2 aliphatic rings. The van der Waals surface area contributed by atoms with Gasteiger partial charge in [0.15, 0.2) is 11.5 Å². The van der Waals surface area contributed by atoms with Crippen LogP contribution in [0.4, 0.5) is 0 Å². The number of hydrogen-bond donors (Lipinski definition) is 0. The van der Waals surface area contributed by atoms with Crippen molar-refractivity contribution >= 4 is 17.2 Å². The third-order valence-electron chi connectivity index (χ3n) is 5.61. The quantitative estimate of drug-likeness (QED) is 0.789. The van der Waals surface area contributed by atoms with Crippen molar-refractivity contribution in [2.24, 2.45) is 0 Å². The van der Waals surface area contributed by atoms with E-state index < -0.39 is 0 Å². The molecule has 1 aromatic heterocycles. The Labute approximate surface area is 164 Å². The zero-order chi connectivity index (χ0) is 18.8. The molecule has 27 heavy (non-hydrogen) atoms. The number of likely N-dealkylation sites (tertiary alicyclic amines) is 1. The van der Waals surface area contributed by atoms with Gasteiger partial charge in [-0.2, -0.15) is 0 Å². The zero-order valence-electron chi connectivity index (χ0n) is 15.9. The van der Waals surface area contributed by atoms with Crippen LogP contribution in [0.25, 0.3) is 0 Å². The molecule has 2 aromatic rings. The van der Waals surface area contributed by atoms with Crippen LogP contribution in [0.1, 0.15) is 34.9 Å². The highest BCUT2D eigenvalue weighted by Gasteiger charge is 2.32. The Balaban J connectivity index is 1.46. The van der Waals surface area contributed by atoms with Crippen LogP contribution in [0.15, 0.2) is 29.6 Å². The first kappa shape index (κ1) is 18.3. The molecular weight excluding hydrogens is 360 g/mol. The van der Waals surface area contributed by atoms with Gasteiger partial charge in [-0.25, -0.2) is 0 Å². The molecule has 5 nitrogen and oxygen atoms in total. The molecular formula is C21H26N2O3S. The molecule has 0 N–H and O–H groups in total. The number of methoxy groups -OCH3 is 2. The molecule has 1 saturated heterocycles. The molecule has 0 aliphatic carbocycles. The van der Waals surface area contributed by atoms with E-state index in [2.05, 4.69) is 22.4 Å². The number of thiophene rings is 1. The van der Waals surface area contributed by atoms with Crippen molar-refractivity contribution in [1.29, 1.82) is 0 Å². The van der Waals surface area contributed by atoms with Crippen LogP contribution in [0.2, 0.25) is 0 Å². The molecule has 0 saturated carbocycles. The van der Waals surface area contributed by atoms with Crippen molar-refractivity contribution in [1.82, 2.24) is 9.80 Å². The summed E-state index contributed by atoms with van der Waals surface area (Å²) < 4.78 is 10.8. The molecule has 0 bridgehead atoms. The number of benzene rings is 1. The number of rotatable bonds is 5. The zero-order valence-corrected chi connectivity index (χ0v) is 16.8. The van der Waals surface area contributed by atoms with E-state index in [-0.39, 0.29) is 11.9 Å². The van der Waals surface area contributed by atoms with E-state index in [4.69, 9.17) is 9.47 Å². The van der Waals surface area contributed by atoms with E-state index in [0.717, 1.165) is 56.0 Å². The summed E-state index contributed by atoms with van der Waals surface area (Å²) in [6, 6.07) is 8.31. The third-order valence-corrected chi connectivity index (χ3v) is 6.63. The first-order valence-corrected chi connectivity index (χ1v) is 10.4. The van der Waals surface area contributed by atoms with E-state index in [1.807, 2.05) is 28.4 Å². The Hall–Kier alpha value is -2.05. The van der Waals surface area contributed by atoms with Gasteiger partial charge in [0, 0.05) is 24.5 Å². The second-order valence-electron chi connectivity index (χ2n) is 7.19. The van der Waals surface area contributed by atoms with Crippen LogP contribution in [0, 0.1) is 0 Å². The van der Waals surface area contributed by atoms with Gasteiger partial charge in [0.05, 0.1) is 26.8 Å². The number of amides is 1. The molecule has 1 aromatic carbocycles. The smallest absolute Gasteiger partial charge is 0.237 e. The topological polar surface area (TPSA) is 42.0 Å². The van der Waals surface area contributed by atoms with E-state index in [9.17, 15) is 4.79 Å². The van der Waals surface area contributed by atoms with Crippen LogP contribution >= 0.6 is 11.3 Å². The Kier molecular flexibility index (Phi) is 5.36. The summed E-state index contributed by atoms with van der Waals surface area (Å²) in [6.45, 7) is 3.18. The van der Waals surface area contributed by atoms with Gasteiger partial charge in [-0.05, 0) is 54.0 Å². The van der Waals surface area contributed by atoms with Crippen LogP contribution in [-0.4, -0.2) is 49.6 Å². The van der Waals surface area contributed by atoms with Crippen molar-refractivity contribution in [2.45, 2.75) is 31.8 Å². The summed E-state index contributed by atoms with van der Waals surface area (Å²) >= 11 is 1.83. The Morgan fingerprint density at radius 2 is 2.04 bits per heavy atom. The maximum atomic E-state index is 13.1. The molecule has 0 spiro atoms. The lowest BCUT2D eigenvalue weighted by Crippen LogP contribution is -2.41. The monoisotopic (exact) mass is 386 g/mol. The average molecular weight is 387 g/mol. The van der Waals surface area contributed by atoms with Gasteiger partial charge >= 0.3 is 0 Å². The van der Waals surface area contributed by atoms with Crippen LogP contribution in [-0.2, 0) is 17.8 Å². The number of fused-ring (bicyclic) bond motifs is 1. The predicted octanol–water partition coefficient (Wildman–Crippen LogP) is 3.49. The van der Waals surface area contributed by atoms with Gasteiger partial charge < -0.3 is 14.4 Å². The lowest BCUT2D eigenvalue weighted by atomic mass is 10.0. The van der Waals surface area contributed by atoms with Gasteiger partial charge in [0.25, 0.3) is 0 Å². The van der Waals surface area contributed by atoms with Gasteiger partial charge in [0.1, 0.15) is 0 Å². The van der Waals surface area contributed by atoms with Gasteiger partial charge in [-0.1, -0.05) is 6.07 Å². The highest BCUT2D eigenvalue weighted by atomic mass is 32.1. The predicted molar refractivity (Wildman–Crippen MR) is 107 cm³/mol. The second kappa shape index (κ2) is 7.90. The average Bonchev–Trinajstić information content (AvgIpc) is 3.36. The number of nitrogens with zero attached hydrogens (tertiary/aromatic N) is 2.